The number of aliphatic hydroxyl groups excluding tert-OH is 1. The Kier molecular flexibility index (Phi) is 7.91. The van der Waals surface area contributed by atoms with Gasteiger partial charge in [0.25, 0.3) is 5.91 Å². The van der Waals surface area contributed by atoms with Gasteiger partial charge in [-0.1, -0.05) is 65.4 Å². The van der Waals surface area contributed by atoms with Crippen molar-refractivity contribution >= 4 is 52.6 Å². The third-order valence-corrected chi connectivity index (χ3v) is 14.4. The van der Waals surface area contributed by atoms with Gasteiger partial charge in [-0.15, -0.1) is 0 Å². The molecule has 4 atom stereocenters. The summed E-state index contributed by atoms with van der Waals surface area (Å²) in [4.78, 5) is 30.4. The summed E-state index contributed by atoms with van der Waals surface area (Å²) in [6.07, 6.45) is -0.196. The maximum absolute atomic E-state index is 14.8. The molecule has 43 heavy (non-hydrogen) atoms. The van der Waals surface area contributed by atoms with Gasteiger partial charge in [0, 0.05) is 28.2 Å². The van der Waals surface area contributed by atoms with Crippen molar-refractivity contribution in [2.75, 3.05) is 36.7 Å². The number of anilines is 2. The van der Waals surface area contributed by atoms with Gasteiger partial charge >= 0.3 is 6.09 Å². The Hall–Kier alpha value is -3.18. The van der Waals surface area contributed by atoms with Gasteiger partial charge in [-0.2, -0.15) is 0 Å². The van der Waals surface area contributed by atoms with Crippen molar-refractivity contribution in [2.24, 2.45) is 5.92 Å². The first kappa shape index (κ1) is 29.9. The number of hydrogen-bond acceptors (Lipinski definition) is 6. The molecule has 2 saturated heterocycles. The molecule has 0 radical (unpaired) electrons. The number of hydrogen-bond donors (Lipinski definition) is 1. The van der Waals surface area contributed by atoms with Crippen molar-refractivity contribution in [1.82, 2.24) is 0 Å². The lowest BCUT2D eigenvalue weighted by atomic mass is 9.82. The maximum Gasteiger partial charge on any atom is 0.414 e. The van der Waals surface area contributed by atoms with E-state index >= 15 is 0 Å². The van der Waals surface area contributed by atoms with Crippen LogP contribution < -0.4 is 19.7 Å². The molecule has 0 saturated carbocycles. The van der Waals surface area contributed by atoms with Gasteiger partial charge in [-0.25, -0.2) is 4.79 Å². The van der Waals surface area contributed by atoms with Crippen LogP contribution in [0.1, 0.15) is 24.5 Å². The Labute approximate surface area is 261 Å². The van der Waals surface area contributed by atoms with E-state index in [9.17, 15) is 14.7 Å². The molecule has 3 heterocycles. The van der Waals surface area contributed by atoms with Crippen LogP contribution in [0.15, 0.2) is 71.2 Å². The summed E-state index contributed by atoms with van der Waals surface area (Å²) in [5.74, 6) is 0.562. The summed E-state index contributed by atoms with van der Waals surface area (Å²) in [6, 6.07) is 21.9. The molecule has 3 aliphatic rings. The summed E-state index contributed by atoms with van der Waals surface area (Å²) < 4.78 is 18.4. The molecular formula is C33H37BrN2O6Si. The van der Waals surface area contributed by atoms with Crippen LogP contribution >= 0.6 is 15.9 Å². The Morgan fingerprint density at radius 2 is 1.86 bits per heavy atom. The molecule has 2 fully saturated rings. The number of halogens is 1. The van der Waals surface area contributed by atoms with E-state index < -0.39 is 13.7 Å². The first-order valence-electron chi connectivity index (χ1n) is 14.7. The number of carbonyl (C=O) groups is 2. The summed E-state index contributed by atoms with van der Waals surface area (Å²) in [5, 5.41) is 11.4. The van der Waals surface area contributed by atoms with Crippen LogP contribution in [0.25, 0.3) is 0 Å². The molecule has 10 heteroatoms. The highest BCUT2D eigenvalue weighted by Gasteiger charge is 2.66. The van der Waals surface area contributed by atoms with Crippen LogP contribution in [-0.4, -0.2) is 58.2 Å². The zero-order valence-corrected chi connectivity index (χ0v) is 27.5. The number of methoxy groups -OCH3 is 1. The van der Waals surface area contributed by atoms with Gasteiger partial charge in [-0.05, 0) is 60.0 Å². The molecule has 1 spiro atoms. The predicted octanol–water partition coefficient (Wildman–Crippen LogP) is 5.56. The highest BCUT2D eigenvalue weighted by molar-refractivity contribution is 9.10. The number of fused-ring (bicyclic) bond motifs is 2. The molecule has 3 aromatic carbocycles. The Balaban J connectivity index is 1.39. The fourth-order valence-corrected chi connectivity index (χ4v) is 11.9. The van der Waals surface area contributed by atoms with Crippen LogP contribution in [0.3, 0.4) is 0 Å². The van der Waals surface area contributed by atoms with E-state index in [1.54, 1.807) is 12.0 Å². The highest BCUT2D eigenvalue weighted by atomic mass is 79.9. The molecule has 0 aromatic heterocycles. The summed E-state index contributed by atoms with van der Waals surface area (Å²) in [7, 11) is -0.590. The number of cyclic esters (lactones) is 1. The molecule has 6 rings (SSSR count). The average molecular weight is 666 g/mol. The van der Waals surface area contributed by atoms with Crippen LogP contribution in [0.2, 0.25) is 18.6 Å². The van der Waals surface area contributed by atoms with E-state index in [0.29, 0.717) is 26.1 Å². The van der Waals surface area contributed by atoms with E-state index in [0.717, 1.165) is 32.7 Å². The van der Waals surface area contributed by atoms with Crippen molar-refractivity contribution in [3.8, 4) is 5.75 Å². The standard InChI is InChI=1S/C33H37BrN2O6Si/c1-21-30(43(3,4)26-11-9-25(40-2)10-12-26)29(14-16-37)42-33(21)27-19-23(34)8-13-28(27)36(31(33)38)20-22-6-5-7-24(18-22)35-15-17-41-32(35)39/h5-13,18-19,21,29-30,37H,14-17,20H2,1-4H3/t21-,29+,30-,33+/m1/s1. The molecule has 8 nitrogen and oxygen atoms in total. The van der Waals surface area contributed by atoms with Crippen LogP contribution in [0.4, 0.5) is 16.2 Å². The number of rotatable bonds is 8. The molecule has 0 aliphatic carbocycles. The minimum atomic E-state index is -2.25. The summed E-state index contributed by atoms with van der Waals surface area (Å²) in [6.45, 7) is 7.97. The number of aliphatic hydroxyl groups is 1. The van der Waals surface area contributed by atoms with E-state index in [4.69, 9.17) is 14.2 Å². The molecule has 3 aliphatic heterocycles. The van der Waals surface area contributed by atoms with Gasteiger partial charge in [0.05, 0.1) is 40.1 Å². The molecular weight excluding hydrogens is 628 g/mol. The van der Waals surface area contributed by atoms with E-state index in [1.807, 2.05) is 59.5 Å². The maximum atomic E-state index is 14.8. The quantitative estimate of drug-likeness (QED) is 0.317. The van der Waals surface area contributed by atoms with Crippen molar-refractivity contribution in [2.45, 2.75) is 50.2 Å². The number of ether oxygens (including phenoxy) is 3. The second-order valence-electron chi connectivity index (χ2n) is 12.2. The lowest BCUT2D eigenvalue weighted by Crippen LogP contribution is -2.51. The van der Waals surface area contributed by atoms with Gasteiger partial charge in [0.2, 0.25) is 0 Å². The molecule has 226 valence electrons. The smallest absolute Gasteiger partial charge is 0.414 e. The third-order valence-electron chi connectivity index (χ3n) is 9.53. The monoisotopic (exact) mass is 664 g/mol. The topological polar surface area (TPSA) is 88.5 Å². The molecule has 3 aromatic rings. The summed E-state index contributed by atoms with van der Waals surface area (Å²) >= 11 is 3.65. The van der Waals surface area contributed by atoms with E-state index in [1.165, 1.54) is 5.19 Å². The zero-order chi connectivity index (χ0) is 30.5. The van der Waals surface area contributed by atoms with Crippen molar-refractivity contribution in [1.29, 1.82) is 0 Å². The molecule has 0 unspecified atom stereocenters. The SMILES string of the molecule is COc1ccc([Si](C)(C)[C@H]2[C@H](CCO)O[C@@]3(C(=O)N(Cc4cccc(N5CCOC5=O)c4)c4ccc(Br)cc43)[C@@H]2C)cc1. The minimum absolute atomic E-state index is 0.0218. The lowest BCUT2D eigenvalue weighted by molar-refractivity contribution is -0.146. The van der Waals surface area contributed by atoms with Crippen molar-refractivity contribution in [3.05, 3.63) is 82.3 Å². The van der Waals surface area contributed by atoms with Crippen molar-refractivity contribution in [3.63, 3.8) is 0 Å². The number of amides is 2. The number of nitrogens with zero attached hydrogens (tertiary/aromatic N) is 2. The van der Waals surface area contributed by atoms with E-state index in [-0.39, 0.29) is 36.2 Å². The Morgan fingerprint density at radius 3 is 2.53 bits per heavy atom. The van der Waals surface area contributed by atoms with Gasteiger partial charge in [0.1, 0.15) is 12.4 Å². The molecule has 0 bridgehead atoms. The van der Waals surface area contributed by atoms with Crippen LogP contribution in [0, 0.1) is 5.92 Å². The number of benzene rings is 3. The second kappa shape index (κ2) is 11.4. The second-order valence-corrected chi connectivity index (χ2v) is 17.8. The highest BCUT2D eigenvalue weighted by Crippen LogP contribution is 2.60. The first-order chi connectivity index (χ1) is 20.6. The van der Waals surface area contributed by atoms with Crippen LogP contribution in [-0.2, 0) is 26.4 Å². The first-order valence-corrected chi connectivity index (χ1v) is 18.6. The Bertz CT molecular complexity index is 1550. The van der Waals surface area contributed by atoms with Crippen LogP contribution in [0.5, 0.6) is 5.75 Å². The fourth-order valence-electron chi connectivity index (χ4n) is 7.47. The summed E-state index contributed by atoms with van der Waals surface area (Å²) in [5.41, 5.74) is 2.20. The number of carbonyl (C=O) groups excluding carboxylic acids is 2. The molecule has 2 amide bonds. The fraction of sp³-hybridized carbons (Fsp3) is 0.394. The Morgan fingerprint density at radius 1 is 1.09 bits per heavy atom. The lowest BCUT2D eigenvalue weighted by Gasteiger charge is -2.37. The van der Waals surface area contributed by atoms with E-state index in [2.05, 4.69) is 48.1 Å². The van der Waals surface area contributed by atoms with Crippen molar-refractivity contribution < 1.29 is 28.9 Å². The normalized spacial score (nSPS) is 25.0. The largest absolute Gasteiger partial charge is 0.497 e. The van der Waals surface area contributed by atoms with Gasteiger partial charge in [0.15, 0.2) is 5.60 Å². The third kappa shape index (κ3) is 4.88. The van der Waals surface area contributed by atoms with Gasteiger partial charge in [-0.3, -0.25) is 9.69 Å². The molecule has 1 N–H and O–H groups in total. The predicted molar refractivity (Wildman–Crippen MR) is 172 cm³/mol. The average Bonchev–Trinajstić information content (AvgIpc) is 3.63. The minimum Gasteiger partial charge on any atom is -0.497 e. The van der Waals surface area contributed by atoms with Gasteiger partial charge < -0.3 is 24.2 Å². The zero-order valence-electron chi connectivity index (χ0n) is 24.9.